The number of nitrogens with zero attached hydrogens (tertiary/aromatic N) is 1. The molecule has 114 valence electrons. The van der Waals surface area contributed by atoms with E-state index in [1.165, 1.54) is 31.5 Å². The summed E-state index contributed by atoms with van der Waals surface area (Å²) in [5.41, 5.74) is 0.749. The Kier molecular flexibility index (Phi) is 5.24. The van der Waals surface area contributed by atoms with Crippen LogP contribution in [-0.2, 0) is 4.74 Å². The maximum absolute atomic E-state index is 12.1. The number of esters is 1. The van der Waals surface area contributed by atoms with Crippen molar-refractivity contribution in [3.05, 3.63) is 56.8 Å². The summed E-state index contributed by atoms with van der Waals surface area (Å²) in [4.78, 5) is 27.5. The highest BCUT2D eigenvalue weighted by Crippen LogP contribution is 2.23. The number of anilines is 1. The van der Waals surface area contributed by atoms with Gasteiger partial charge in [-0.25, -0.2) is 9.78 Å². The van der Waals surface area contributed by atoms with Crippen LogP contribution >= 0.6 is 34.8 Å². The van der Waals surface area contributed by atoms with Gasteiger partial charge < -0.3 is 10.1 Å². The molecule has 1 aromatic carbocycles. The summed E-state index contributed by atoms with van der Waals surface area (Å²) in [7, 11) is 1.24. The number of carbonyl (C=O) groups excluding carboxylic acids is 2. The van der Waals surface area contributed by atoms with Crippen LogP contribution in [0.1, 0.15) is 20.7 Å². The van der Waals surface area contributed by atoms with E-state index < -0.39 is 11.9 Å². The van der Waals surface area contributed by atoms with Gasteiger partial charge in [-0.1, -0.05) is 34.8 Å². The van der Waals surface area contributed by atoms with E-state index >= 15 is 0 Å². The molecule has 0 aliphatic rings. The summed E-state index contributed by atoms with van der Waals surface area (Å²) in [5, 5.41) is 3.10. The van der Waals surface area contributed by atoms with Gasteiger partial charge in [0.2, 0.25) is 0 Å². The topological polar surface area (TPSA) is 68.3 Å². The molecule has 1 heterocycles. The quantitative estimate of drug-likeness (QED) is 0.662. The third kappa shape index (κ3) is 3.68. The van der Waals surface area contributed by atoms with E-state index in [4.69, 9.17) is 34.8 Å². The Labute approximate surface area is 141 Å². The Balaban J connectivity index is 2.24. The average molecular weight is 360 g/mol. The molecule has 0 saturated heterocycles. The fourth-order valence-corrected chi connectivity index (χ4v) is 2.08. The Hall–Kier alpha value is -1.82. The highest BCUT2D eigenvalue weighted by atomic mass is 35.5. The third-order valence-corrected chi connectivity index (χ3v) is 3.70. The zero-order valence-corrected chi connectivity index (χ0v) is 13.5. The van der Waals surface area contributed by atoms with Gasteiger partial charge in [0.15, 0.2) is 0 Å². The van der Waals surface area contributed by atoms with Crippen LogP contribution in [0.5, 0.6) is 0 Å². The SMILES string of the molecule is COC(=O)c1cc(NC(=O)c2cnc(Cl)c(Cl)c2)ccc1Cl. The van der Waals surface area contributed by atoms with E-state index in [1.54, 1.807) is 6.07 Å². The Bertz CT molecular complexity index is 750. The number of hydrogen-bond donors (Lipinski definition) is 1. The first-order valence-corrected chi connectivity index (χ1v) is 7.06. The number of pyridine rings is 1. The number of rotatable bonds is 3. The minimum absolute atomic E-state index is 0.109. The molecule has 8 heteroatoms. The normalized spacial score (nSPS) is 10.2. The zero-order valence-electron chi connectivity index (χ0n) is 11.2. The molecule has 0 saturated carbocycles. The van der Waals surface area contributed by atoms with Gasteiger partial charge in [0, 0.05) is 11.9 Å². The highest BCUT2D eigenvalue weighted by Gasteiger charge is 2.14. The number of carbonyl (C=O) groups is 2. The third-order valence-electron chi connectivity index (χ3n) is 2.69. The first kappa shape index (κ1) is 16.5. The van der Waals surface area contributed by atoms with Crippen molar-refractivity contribution < 1.29 is 14.3 Å². The molecule has 2 aromatic rings. The van der Waals surface area contributed by atoms with E-state index in [0.29, 0.717) is 5.69 Å². The summed E-state index contributed by atoms with van der Waals surface area (Å²) in [6.45, 7) is 0. The summed E-state index contributed by atoms with van der Waals surface area (Å²) in [6, 6.07) is 5.84. The maximum Gasteiger partial charge on any atom is 0.339 e. The van der Waals surface area contributed by atoms with Gasteiger partial charge in [-0.05, 0) is 24.3 Å². The van der Waals surface area contributed by atoms with Crippen LogP contribution in [0.3, 0.4) is 0 Å². The zero-order chi connectivity index (χ0) is 16.3. The van der Waals surface area contributed by atoms with Crippen molar-refractivity contribution >= 4 is 52.4 Å². The predicted molar refractivity (Wildman–Crippen MR) is 85.0 cm³/mol. The lowest BCUT2D eigenvalue weighted by Gasteiger charge is -2.08. The molecule has 0 fully saturated rings. The monoisotopic (exact) mass is 358 g/mol. The largest absolute Gasteiger partial charge is 0.465 e. The Morgan fingerprint density at radius 2 is 1.86 bits per heavy atom. The average Bonchev–Trinajstić information content (AvgIpc) is 2.51. The second-order valence-electron chi connectivity index (χ2n) is 4.14. The molecule has 0 aliphatic heterocycles. The smallest absolute Gasteiger partial charge is 0.339 e. The molecule has 1 aromatic heterocycles. The van der Waals surface area contributed by atoms with Gasteiger partial charge in [0.05, 0.1) is 28.3 Å². The van der Waals surface area contributed by atoms with E-state index in [0.717, 1.165) is 0 Å². The molecular weight excluding hydrogens is 351 g/mol. The maximum atomic E-state index is 12.1. The number of amides is 1. The van der Waals surface area contributed by atoms with Crippen molar-refractivity contribution in [3.8, 4) is 0 Å². The number of ether oxygens (including phenoxy) is 1. The lowest BCUT2D eigenvalue weighted by molar-refractivity contribution is 0.0600. The van der Waals surface area contributed by atoms with Crippen LogP contribution in [-0.4, -0.2) is 24.0 Å². The Morgan fingerprint density at radius 3 is 2.50 bits per heavy atom. The number of benzene rings is 1. The molecule has 0 spiro atoms. The van der Waals surface area contributed by atoms with Crippen LogP contribution in [0.15, 0.2) is 30.5 Å². The molecule has 2 rings (SSSR count). The van der Waals surface area contributed by atoms with Gasteiger partial charge in [0.1, 0.15) is 5.15 Å². The van der Waals surface area contributed by atoms with Crippen LogP contribution in [0.2, 0.25) is 15.2 Å². The van der Waals surface area contributed by atoms with Crippen molar-refractivity contribution in [2.24, 2.45) is 0 Å². The van der Waals surface area contributed by atoms with Crippen LogP contribution in [0.4, 0.5) is 5.69 Å². The van der Waals surface area contributed by atoms with Crippen LogP contribution in [0.25, 0.3) is 0 Å². The van der Waals surface area contributed by atoms with Crippen molar-refractivity contribution in [2.75, 3.05) is 12.4 Å². The molecule has 5 nitrogen and oxygen atoms in total. The fraction of sp³-hybridized carbons (Fsp3) is 0.0714. The van der Waals surface area contributed by atoms with Crippen molar-refractivity contribution in [1.29, 1.82) is 0 Å². The van der Waals surface area contributed by atoms with Gasteiger partial charge in [-0.2, -0.15) is 0 Å². The minimum Gasteiger partial charge on any atom is -0.465 e. The molecule has 1 N–H and O–H groups in total. The van der Waals surface area contributed by atoms with Crippen LogP contribution < -0.4 is 5.32 Å². The molecular formula is C14H9Cl3N2O3. The predicted octanol–water partition coefficient (Wildman–Crippen LogP) is 4.08. The minimum atomic E-state index is -0.600. The first-order chi connectivity index (χ1) is 10.4. The van der Waals surface area contributed by atoms with Crippen molar-refractivity contribution in [2.45, 2.75) is 0 Å². The second kappa shape index (κ2) is 6.96. The first-order valence-electron chi connectivity index (χ1n) is 5.92. The highest BCUT2D eigenvalue weighted by molar-refractivity contribution is 6.41. The summed E-state index contributed by atoms with van der Waals surface area (Å²) in [5.74, 6) is -1.05. The van der Waals surface area contributed by atoms with Gasteiger partial charge in [0.25, 0.3) is 5.91 Å². The molecule has 0 unspecified atom stereocenters. The standard InChI is InChI=1S/C14H9Cl3N2O3/c1-22-14(21)9-5-8(2-3-10(9)15)19-13(20)7-4-11(16)12(17)18-6-7/h2-6H,1H3,(H,19,20). The van der Waals surface area contributed by atoms with Gasteiger partial charge in [-0.3, -0.25) is 4.79 Å². The molecule has 0 radical (unpaired) electrons. The van der Waals surface area contributed by atoms with E-state index in [1.807, 2.05) is 0 Å². The summed E-state index contributed by atoms with van der Waals surface area (Å²) in [6.07, 6.45) is 1.29. The number of aromatic nitrogens is 1. The van der Waals surface area contributed by atoms with Crippen molar-refractivity contribution in [1.82, 2.24) is 4.98 Å². The number of methoxy groups -OCH3 is 1. The fourth-order valence-electron chi connectivity index (χ4n) is 1.62. The van der Waals surface area contributed by atoms with Gasteiger partial charge >= 0.3 is 5.97 Å². The lowest BCUT2D eigenvalue weighted by atomic mass is 10.2. The van der Waals surface area contributed by atoms with E-state index in [-0.39, 0.29) is 26.3 Å². The van der Waals surface area contributed by atoms with E-state index in [9.17, 15) is 9.59 Å². The van der Waals surface area contributed by atoms with E-state index in [2.05, 4.69) is 15.0 Å². The molecule has 0 bridgehead atoms. The van der Waals surface area contributed by atoms with Crippen molar-refractivity contribution in [3.63, 3.8) is 0 Å². The summed E-state index contributed by atoms with van der Waals surface area (Å²) < 4.78 is 4.61. The number of nitrogens with one attached hydrogen (secondary N) is 1. The van der Waals surface area contributed by atoms with Crippen LogP contribution in [0, 0.1) is 0 Å². The Morgan fingerprint density at radius 1 is 1.14 bits per heavy atom. The summed E-state index contributed by atoms with van der Waals surface area (Å²) >= 11 is 17.4. The molecule has 1 amide bonds. The molecule has 22 heavy (non-hydrogen) atoms. The second-order valence-corrected chi connectivity index (χ2v) is 5.31. The lowest BCUT2D eigenvalue weighted by Crippen LogP contribution is -2.13. The molecule has 0 atom stereocenters. The number of halogens is 3. The number of hydrogen-bond acceptors (Lipinski definition) is 4. The van der Waals surface area contributed by atoms with Gasteiger partial charge in [-0.15, -0.1) is 0 Å². The molecule has 0 aliphatic carbocycles.